The number of hydrogen-bond donors (Lipinski definition) is 1. The van der Waals surface area contributed by atoms with E-state index in [0.29, 0.717) is 0 Å². The lowest BCUT2D eigenvalue weighted by Crippen LogP contribution is -2.43. The number of nitrogens with zero attached hydrogens (tertiary/aromatic N) is 1. The van der Waals surface area contributed by atoms with Crippen molar-refractivity contribution in [2.45, 2.75) is 4.90 Å². The molecule has 0 atom stereocenters. The van der Waals surface area contributed by atoms with Gasteiger partial charge in [0.05, 0.1) is 16.4 Å². The normalized spacial score (nSPS) is 20.1. The highest BCUT2D eigenvalue weighted by molar-refractivity contribution is 7.92. The number of sulfone groups is 1. The van der Waals surface area contributed by atoms with Crippen molar-refractivity contribution in [2.75, 3.05) is 37.0 Å². The molecule has 1 saturated heterocycles. The fourth-order valence-corrected chi connectivity index (χ4v) is 4.75. The molecule has 0 saturated carbocycles. The Morgan fingerprint density at radius 3 is 2.11 bits per heavy atom. The second-order valence-corrected chi connectivity index (χ2v) is 8.57. The lowest BCUT2D eigenvalue weighted by molar-refractivity contribution is 0.431. The molecule has 0 amide bonds. The zero-order chi connectivity index (χ0) is 14.1. The Balaban J connectivity index is 2.22. The van der Waals surface area contributed by atoms with Crippen LogP contribution >= 0.6 is 0 Å². The van der Waals surface area contributed by atoms with Crippen LogP contribution in [0.1, 0.15) is 0 Å². The van der Waals surface area contributed by atoms with E-state index >= 15 is 0 Å². The van der Waals surface area contributed by atoms with Crippen molar-refractivity contribution >= 4 is 25.5 Å². The molecule has 0 aliphatic carbocycles. The summed E-state index contributed by atoms with van der Waals surface area (Å²) in [4.78, 5) is 0.186. The number of nitrogens with one attached hydrogen (secondary N) is 1. The number of anilines is 1. The van der Waals surface area contributed by atoms with Crippen molar-refractivity contribution in [3.8, 4) is 0 Å². The molecular formula is C11H16N2O4S2. The molecule has 1 aliphatic heterocycles. The summed E-state index contributed by atoms with van der Waals surface area (Å²) in [5.74, 6) is -0.221. The Morgan fingerprint density at radius 2 is 1.63 bits per heavy atom. The highest BCUT2D eigenvalue weighted by Gasteiger charge is 2.30. The van der Waals surface area contributed by atoms with Gasteiger partial charge in [0, 0.05) is 25.8 Å². The minimum absolute atomic E-state index is 0.0262. The molecule has 106 valence electrons. The molecule has 6 nitrogen and oxygen atoms in total. The van der Waals surface area contributed by atoms with Crippen molar-refractivity contribution in [1.29, 1.82) is 0 Å². The Hall–Kier alpha value is -1.12. The molecule has 19 heavy (non-hydrogen) atoms. The molecule has 1 aromatic rings. The zero-order valence-corrected chi connectivity index (χ0v) is 12.2. The monoisotopic (exact) mass is 304 g/mol. The van der Waals surface area contributed by atoms with Crippen LogP contribution in [0.3, 0.4) is 0 Å². The van der Waals surface area contributed by atoms with Gasteiger partial charge in [-0.15, -0.1) is 0 Å². The molecule has 8 heteroatoms. The molecule has 2 rings (SSSR count). The molecule has 0 aromatic heterocycles. The number of benzene rings is 1. The van der Waals surface area contributed by atoms with E-state index in [4.69, 9.17) is 0 Å². The van der Waals surface area contributed by atoms with Crippen molar-refractivity contribution in [3.63, 3.8) is 0 Å². The summed E-state index contributed by atoms with van der Waals surface area (Å²) in [7, 11) is -4.93. The summed E-state index contributed by atoms with van der Waals surface area (Å²) in [6, 6.07) is 6.38. The van der Waals surface area contributed by atoms with Crippen LogP contribution in [-0.2, 0) is 19.9 Å². The summed E-state index contributed by atoms with van der Waals surface area (Å²) < 4.78 is 48.5. The molecule has 0 unspecified atom stereocenters. The SMILES string of the molecule is CNc1ccc(S(=O)(=O)N2CCS(=O)(=O)CC2)cc1. The van der Waals surface area contributed by atoms with E-state index in [0.717, 1.165) is 5.69 Å². The summed E-state index contributed by atoms with van der Waals surface area (Å²) >= 11 is 0. The van der Waals surface area contributed by atoms with Crippen molar-refractivity contribution in [2.24, 2.45) is 0 Å². The van der Waals surface area contributed by atoms with Gasteiger partial charge in [0.1, 0.15) is 0 Å². The molecule has 1 N–H and O–H groups in total. The lowest BCUT2D eigenvalue weighted by atomic mass is 10.3. The van der Waals surface area contributed by atoms with E-state index in [1.54, 1.807) is 19.2 Å². The minimum Gasteiger partial charge on any atom is -0.388 e. The first kappa shape index (κ1) is 14.3. The fraction of sp³-hybridized carbons (Fsp3) is 0.455. The van der Waals surface area contributed by atoms with Crippen molar-refractivity contribution < 1.29 is 16.8 Å². The van der Waals surface area contributed by atoms with Gasteiger partial charge in [-0.25, -0.2) is 16.8 Å². The summed E-state index contributed by atoms with van der Waals surface area (Å²) in [6.45, 7) is 0.0525. The third kappa shape index (κ3) is 3.07. The lowest BCUT2D eigenvalue weighted by Gasteiger charge is -2.25. The van der Waals surface area contributed by atoms with Crippen LogP contribution in [0.2, 0.25) is 0 Å². The van der Waals surface area contributed by atoms with Crippen molar-refractivity contribution in [1.82, 2.24) is 4.31 Å². The maximum atomic E-state index is 12.3. The average molecular weight is 304 g/mol. The van der Waals surface area contributed by atoms with Gasteiger partial charge in [0.2, 0.25) is 10.0 Å². The number of rotatable bonds is 3. The third-order valence-corrected chi connectivity index (χ3v) is 6.61. The zero-order valence-electron chi connectivity index (χ0n) is 10.5. The predicted octanol–water partition coefficient (Wildman–Crippen LogP) is 0.147. The van der Waals surface area contributed by atoms with E-state index < -0.39 is 19.9 Å². The largest absolute Gasteiger partial charge is 0.388 e. The quantitative estimate of drug-likeness (QED) is 0.859. The van der Waals surface area contributed by atoms with Crippen LogP contribution in [0.25, 0.3) is 0 Å². The van der Waals surface area contributed by atoms with Gasteiger partial charge < -0.3 is 5.32 Å². The Morgan fingerprint density at radius 1 is 1.11 bits per heavy atom. The highest BCUT2D eigenvalue weighted by Crippen LogP contribution is 2.20. The summed E-state index contributed by atoms with van der Waals surface area (Å²) in [6.07, 6.45) is 0. The molecule has 1 aliphatic rings. The first-order valence-electron chi connectivity index (χ1n) is 5.83. The molecule has 1 heterocycles. The Labute approximate surface area is 113 Å². The summed E-state index contributed by atoms with van der Waals surface area (Å²) in [5.41, 5.74) is 0.820. The van der Waals surface area contributed by atoms with Gasteiger partial charge in [0.25, 0.3) is 0 Å². The minimum atomic E-state index is -3.60. The fourth-order valence-electron chi connectivity index (χ4n) is 1.88. The highest BCUT2D eigenvalue weighted by atomic mass is 32.2. The average Bonchev–Trinajstić information content (AvgIpc) is 2.38. The van der Waals surface area contributed by atoms with E-state index in [9.17, 15) is 16.8 Å². The van der Waals surface area contributed by atoms with Crippen LogP contribution < -0.4 is 5.32 Å². The molecule has 0 spiro atoms. The van der Waals surface area contributed by atoms with Crippen molar-refractivity contribution in [3.05, 3.63) is 24.3 Å². The van der Waals surface area contributed by atoms with E-state index in [-0.39, 0.29) is 29.5 Å². The van der Waals surface area contributed by atoms with Gasteiger partial charge in [0.15, 0.2) is 9.84 Å². The molecule has 0 radical (unpaired) electrons. The van der Waals surface area contributed by atoms with E-state index in [1.165, 1.54) is 16.4 Å². The van der Waals surface area contributed by atoms with Gasteiger partial charge in [-0.2, -0.15) is 4.31 Å². The van der Waals surface area contributed by atoms with Crippen LogP contribution in [0.15, 0.2) is 29.2 Å². The third-order valence-electron chi connectivity index (χ3n) is 3.08. The van der Waals surface area contributed by atoms with Gasteiger partial charge in [-0.05, 0) is 24.3 Å². The van der Waals surface area contributed by atoms with Crippen LogP contribution in [0, 0.1) is 0 Å². The van der Waals surface area contributed by atoms with Gasteiger partial charge in [-0.1, -0.05) is 0 Å². The van der Waals surface area contributed by atoms with Gasteiger partial charge in [-0.3, -0.25) is 0 Å². The Bertz CT molecular complexity index is 636. The van der Waals surface area contributed by atoms with Crippen LogP contribution in [0.5, 0.6) is 0 Å². The van der Waals surface area contributed by atoms with E-state index in [2.05, 4.69) is 5.32 Å². The smallest absolute Gasteiger partial charge is 0.243 e. The number of hydrogen-bond acceptors (Lipinski definition) is 5. The molecule has 1 fully saturated rings. The first-order chi connectivity index (χ1) is 8.85. The molecule has 0 bridgehead atoms. The standard InChI is InChI=1S/C11H16N2O4S2/c1-12-10-2-4-11(5-3-10)19(16,17)13-6-8-18(14,15)9-7-13/h2-5,12H,6-9H2,1H3. The topological polar surface area (TPSA) is 83.6 Å². The predicted molar refractivity (Wildman–Crippen MR) is 73.4 cm³/mol. The van der Waals surface area contributed by atoms with Crippen LogP contribution in [0.4, 0.5) is 5.69 Å². The maximum Gasteiger partial charge on any atom is 0.243 e. The number of sulfonamides is 1. The van der Waals surface area contributed by atoms with Gasteiger partial charge >= 0.3 is 0 Å². The van der Waals surface area contributed by atoms with Crippen LogP contribution in [-0.4, -0.2) is 52.8 Å². The molecule has 1 aromatic carbocycles. The van der Waals surface area contributed by atoms with E-state index in [1.807, 2.05) is 0 Å². The summed E-state index contributed by atoms with van der Waals surface area (Å²) in [5, 5.41) is 2.91. The first-order valence-corrected chi connectivity index (χ1v) is 9.10. The maximum absolute atomic E-state index is 12.3. The Kier molecular flexibility index (Phi) is 3.84. The second-order valence-electron chi connectivity index (χ2n) is 4.33. The second kappa shape index (κ2) is 5.10. The molecular weight excluding hydrogens is 288 g/mol.